The quantitative estimate of drug-likeness (QED) is 0.916. The molecule has 2 aromatic rings. The van der Waals surface area contributed by atoms with Crippen LogP contribution in [0.2, 0.25) is 0 Å². The lowest BCUT2D eigenvalue weighted by Gasteiger charge is -2.18. The first-order chi connectivity index (χ1) is 11.5. The molecule has 0 bridgehead atoms. The molecule has 1 heterocycles. The number of benzene rings is 1. The molecule has 0 atom stereocenters. The van der Waals surface area contributed by atoms with Gasteiger partial charge in [-0.05, 0) is 51.0 Å². The molecule has 0 fully saturated rings. The molecule has 0 radical (unpaired) electrons. The highest BCUT2D eigenvalue weighted by Gasteiger charge is 2.16. The SMILES string of the molecule is CCN(CC)C(=O)c1cncc(C(=O)Nc2cc(C)ccc2C)c1. The van der Waals surface area contributed by atoms with E-state index in [4.69, 9.17) is 0 Å². The van der Waals surface area contributed by atoms with Gasteiger partial charge in [-0.15, -0.1) is 0 Å². The molecular weight excluding hydrogens is 302 g/mol. The van der Waals surface area contributed by atoms with E-state index < -0.39 is 0 Å². The monoisotopic (exact) mass is 325 g/mol. The summed E-state index contributed by atoms with van der Waals surface area (Å²) in [7, 11) is 0. The minimum absolute atomic E-state index is 0.117. The van der Waals surface area contributed by atoms with Crippen molar-refractivity contribution < 1.29 is 9.59 Å². The van der Waals surface area contributed by atoms with Crippen LogP contribution in [0.4, 0.5) is 5.69 Å². The van der Waals surface area contributed by atoms with E-state index in [1.807, 2.05) is 45.9 Å². The second-order valence-corrected chi connectivity index (χ2v) is 5.71. The number of hydrogen-bond acceptors (Lipinski definition) is 3. The van der Waals surface area contributed by atoms with Gasteiger partial charge in [0.1, 0.15) is 0 Å². The highest BCUT2D eigenvalue weighted by molar-refractivity contribution is 6.06. The fourth-order valence-corrected chi connectivity index (χ4v) is 2.44. The number of anilines is 1. The van der Waals surface area contributed by atoms with Crippen LogP contribution in [0, 0.1) is 13.8 Å². The Labute approximate surface area is 142 Å². The van der Waals surface area contributed by atoms with Gasteiger partial charge in [0, 0.05) is 31.2 Å². The van der Waals surface area contributed by atoms with Crippen LogP contribution in [-0.2, 0) is 0 Å². The molecule has 2 rings (SSSR count). The molecule has 1 aromatic heterocycles. The number of carbonyl (C=O) groups excluding carboxylic acids is 2. The normalized spacial score (nSPS) is 10.3. The summed E-state index contributed by atoms with van der Waals surface area (Å²) < 4.78 is 0. The molecule has 24 heavy (non-hydrogen) atoms. The Morgan fingerprint density at radius 3 is 2.38 bits per heavy atom. The third-order valence-corrected chi connectivity index (χ3v) is 3.94. The van der Waals surface area contributed by atoms with Crippen LogP contribution in [0.1, 0.15) is 45.7 Å². The summed E-state index contributed by atoms with van der Waals surface area (Å²) >= 11 is 0. The van der Waals surface area contributed by atoms with Gasteiger partial charge in [-0.1, -0.05) is 12.1 Å². The van der Waals surface area contributed by atoms with Crippen LogP contribution in [0.5, 0.6) is 0 Å². The molecule has 126 valence electrons. The van der Waals surface area contributed by atoms with E-state index in [1.165, 1.54) is 12.4 Å². The Kier molecular flexibility index (Phi) is 5.68. The summed E-state index contributed by atoms with van der Waals surface area (Å²) in [6.45, 7) is 8.99. The van der Waals surface area contributed by atoms with Gasteiger partial charge in [-0.3, -0.25) is 14.6 Å². The molecule has 5 heteroatoms. The lowest BCUT2D eigenvalue weighted by atomic mass is 10.1. The van der Waals surface area contributed by atoms with Crippen LogP contribution < -0.4 is 5.32 Å². The third kappa shape index (κ3) is 3.98. The highest BCUT2D eigenvalue weighted by Crippen LogP contribution is 2.17. The first-order valence-electron chi connectivity index (χ1n) is 8.09. The second-order valence-electron chi connectivity index (χ2n) is 5.71. The number of aryl methyl sites for hydroxylation is 2. The summed E-state index contributed by atoms with van der Waals surface area (Å²) in [6.07, 6.45) is 2.97. The molecule has 0 saturated carbocycles. The van der Waals surface area contributed by atoms with E-state index in [1.54, 1.807) is 11.0 Å². The molecule has 5 nitrogen and oxygen atoms in total. The number of amides is 2. The van der Waals surface area contributed by atoms with Crippen LogP contribution in [-0.4, -0.2) is 34.8 Å². The van der Waals surface area contributed by atoms with Crippen LogP contribution in [0.15, 0.2) is 36.7 Å². The predicted molar refractivity (Wildman–Crippen MR) is 95.4 cm³/mol. The van der Waals surface area contributed by atoms with Gasteiger partial charge in [0.2, 0.25) is 0 Å². The molecule has 0 saturated heterocycles. The van der Waals surface area contributed by atoms with Crippen LogP contribution >= 0.6 is 0 Å². The largest absolute Gasteiger partial charge is 0.339 e. The molecule has 0 aliphatic carbocycles. The second kappa shape index (κ2) is 7.73. The molecule has 0 unspecified atom stereocenters. The van der Waals surface area contributed by atoms with E-state index in [0.717, 1.165) is 16.8 Å². The average Bonchev–Trinajstić information content (AvgIpc) is 2.59. The Morgan fingerprint density at radius 1 is 1.04 bits per heavy atom. The van der Waals surface area contributed by atoms with Crippen molar-refractivity contribution >= 4 is 17.5 Å². The number of aromatic nitrogens is 1. The number of carbonyl (C=O) groups is 2. The lowest BCUT2D eigenvalue weighted by Crippen LogP contribution is -2.30. The summed E-state index contributed by atoms with van der Waals surface area (Å²) in [5.41, 5.74) is 3.61. The van der Waals surface area contributed by atoms with E-state index in [9.17, 15) is 9.59 Å². The highest BCUT2D eigenvalue weighted by atomic mass is 16.2. The molecule has 0 aliphatic heterocycles. The van der Waals surface area contributed by atoms with Gasteiger partial charge in [0.25, 0.3) is 11.8 Å². The predicted octanol–water partition coefficient (Wildman–Crippen LogP) is 3.43. The maximum atomic E-state index is 12.5. The van der Waals surface area contributed by atoms with E-state index in [-0.39, 0.29) is 11.8 Å². The maximum Gasteiger partial charge on any atom is 0.257 e. The van der Waals surface area contributed by atoms with Gasteiger partial charge < -0.3 is 10.2 Å². The fraction of sp³-hybridized carbons (Fsp3) is 0.316. The summed E-state index contributed by atoms with van der Waals surface area (Å²) in [4.78, 5) is 30.6. The van der Waals surface area contributed by atoms with Crippen molar-refractivity contribution in [2.75, 3.05) is 18.4 Å². The molecule has 1 N–H and O–H groups in total. The summed E-state index contributed by atoms with van der Waals surface area (Å²) in [5.74, 6) is -0.390. The smallest absolute Gasteiger partial charge is 0.257 e. The van der Waals surface area contributed by atoms with Crippen molar-refractivity contribution in [2.45, 2.75) is 27.7 Å². The molecule has 1 aromatic carbocycles. The summed E-state index contributed by atoms with van der Waals surface area (Å²) in [6, 6.07) is 7.47. The Morgan fingerprint density at radius 2 is 1.71 bits per heavy atom. The van der Waals surface area contributed by atoms with E-state index >= 15 is 0 Å². The van der Waals surface area contributed by atoms with Crippen molar-refractivity contribution in [2.24, 2.45) is 0 Å². The maximum absolute atomic E-state index is 12.5. The van der Waals surface area contributed by atoms with Crippen LogP contribution in [0.3, 0.4) is 0 Å². The van der Waals surface area contributed by atoms with Crippen LogP contribution in [0.25, 0.3) is 0 Å². The Bertz CT molecular complexity index is 752. The minimum Gasteiger partial charge on any atom is -0.339 e. The summed E-state index contributed by atoms with van der Waals surface area (Å²) in [5, 5.41) is 2.89. The number of rotatable bonds is 5. The van der Waals surface area contributed by atoms with Crippen molar-refractivity contribution in [3.8, 4) is 0 Å². The third-order valence-electron chi connectivity index (χ3n) is 3.94. The zero-order valence-corrected chi connectivity index (χ0v) is 14.6. The average molecular weight is 325 g/mol. The number of pyridine rings is 1. The number of nitrogens with one attached hydrogen (secondary N) is 1. The number of nitrogens with zero attached hydrogens (tertiary/aromatic N) is 2. The lowest BCUT2D eigenvalue weighted by molar-refractivity contribution is 0.0772. The first kappa shape index (κ1) is 17.7. The van der Waals surface area contributed by atoms with Gasteiger partial charge >= 0.3 is 0 Å². The van der Waals surface area contributed by atoms with Gasteiger partial charge in [0.15, 0.2) is 0 Å². The zero-order chi connectivity index (χ0) is 17.7. The van der Waals surface area contributed by atoms with Gasteiger partial charge in [0.05, 0.1) is 11.1 Å². The van der Waals surface area contributed by atoms with Crippen molar-refractivity contribution in [3.05, 3.63) is 58.9 Å². The fourth-order valence-electron chi connectivity index (χ4n) is 2.44. The van der Waals surface area contributed by atoms with Crippen molar-refractivity contribution in [3.63, 3.8) is 0 Å². The van der Waals surface area contributed by atoms with E-state index in [2.05, 4.69) is 10.3 Å². The van der Waals surface area contributed by atoms with Gasteiger partial charge in [-0.25, -0.2) is 0 Å². The topological polar surface area (TPSA) is 62.3 Å². The van der Waals surface area contributed by atoms with Gasteiger partial charge in [-0.2, -0.15) is 0 Å². The first-order valence-corrected chi connectivity index (χ1v) is 8.09. The molecule has 0 spiro atoms. The van der Waals surface area contributed by atoms with Crippen molar-refractivity contribution in [1.82, 2.24) is 9.88 Å². The standard InChI is InChI=1S/C19H23N3O2/c1-5-22(6-2)19(24)16-10-15(11-20-12-16)18(23)21-17-9-13(3)7-8-14(17)4/h7-12H,5-6H2,1-4H3,(H,21,23). The molecule has 2 amide bonds. The Hall–Kier alpha value is -2.69. The molecule has 0 aliphatic rings. The van der Waals surface area contributed by atoms with Crippen molar-refractivity contribution in [1.29, 1.82) is 0 Å². The Balaban J connectivity index is 2.23. The number of hydrogen-bond donors (Lipinski definition) is 1. The minimum atomic E-state index is -0.273. The van der Waals surface area contributed by atoms with E-state index in [0.29, 0.717) is 24.2 Å². The zero-order valence-electron chi connectivity index (χ0n) is 14.6. The molecular formula is C19H23N3O2.